The fourth-order valence-electron chi connectivity index (χ4n) is 9.36. The van der Waals surface area contributed by atoms with Gasteiger partial charge in [0.05, 0.1) is 64.9 Å². The Morgan fingerprint density at radius 3 is 2.66 bits per heavy atom. The largest absolute Gasteiger partial charge is 0.485 e. The van der Waals surface area contributed by atoms with Crippen LogP contribution in [0, 0.1) is 34.8 Å². The zero-order valence-electron chi connectivity index (χ0n) is 31.0. The summed E-state index contributed by atoms with van der Waals surface area (Å²) in [4.78, 5) is 25.0. The quantitative estimate of drug-likeness (QED) is 0.144. The number of nitriles is 1. The molecule has 10 nitrogen and oxygen atoms in total. The van der Waals surface area contributed by atoms with Gasteiger partial charge in [-0.1, -0.05) is 35.3 Å². The second-order valence-electron chi connectivity index (χ2n) is 15.6. The number of carbonyl (C=O) groups is 1. The van der Waals surface area contributed by atoms with E-state index in [0.717, 1.165) is 37.7 Å². The number of ether oxygens (including phenoxy) is 2. The molecule has 5 fully saturated rings. The predicted molar refractivity (Wildman–Crippen MR) is 208 cm³/mol. The minimum Gasteiger partial charge on any atom is -0.485 e. The SMILES string of the molecule is COc1cc(O[C@H]2C[C@H](c3cc4c([C@@H](C)O)nc5c(F)c(-c6cccc(Cl)c6Cl)c(CCC#N)cc5c4n3[C@H]3[C@H]4CN[C@@H]3C4)N(C(=O)C3CC3)[C@@H]2C)c(F)cn1. The molecule has 1 amide bonds. The van der Waals surface area contributed by atoms with Crippen LogP contribution in [0.15, 0.2) is 42.6 Å². The van der Waals surface area contributed by atoms with Crippen LogP contribution < -0.4 is 14.8 Å². The zero-order valence-corrected chi connectivity index (χ0v) is 32.5. The first-order chi connectivity index (χ1) is 27.0. The summed E-state index contributed by atoms with van der Waals surface area (Å²) in [5.41, 5.74) is 3.03. The van der Waals surface area contributed by atoms with Crippen molar-refractivity contribution in [1.82, 2.24) is 24.8 Å². The van der Waals surface area contributed by atoms with Gasteiger partial charge >= 0.3 is 0 Å². The number of rotatable bonds is 10. The van der Waals surface area contributed by atoms with Crippen molar-refractivity contribution in [3.63, 3.8) is 0 Å². The number of aromatic nitrogens is 3. The molecule has 3 aromatic heterocycles. The van der Waals surface area contributed by atoms with Gasteiger partial charge in [-0.25, -0.2) is 18.7 Å². The van der Waals surface area contributed by atoms with Crippen molar-refractivity contribution in [3.8, 4) is 28.8 Å². The Hall–Kier alpha value is -4.54. The van der Waals surface area contributed by atoms with Gasteiger partial charge in [-0.2, -0.15) is 5.26 Å². The lowest BCUT2D eigenvalue weighted by Gasteiger charge is -2.39. The molecular weight excluding hydrogens is 761 g/mol. The van der Waals surface area contributed by atoms with Crippen molar-refractivity contribution in [1.29, 1.82) is 5.26 Å². The fourth-order valence-corrected chi connectivity index (χ4v) is 9.75. The van der Waals surface area contributed by atoms with Crippen molar-refractivity contribution in [2.45, 2.75) is 88.7 Å². The third-order valence-electron chi connectivity index (χ3n) is 12.2. The van der Waals surface area contributed by atoms with Crippen LogP contribution in [0.25, 0.3) is 32.9 Å². The number of halogens is 4. The molecule has 0 spiro atoms. The number of aliphatic hydroxyl groups is 1. The number of amides is 1. The lowest BCUT2D eigenvalue weighted by Crippen LogP contribution is -2.43. The number of likely N-dealkylation sites (tertiary alicyclic amines) is 1. The number of benzene rings is 2. The van der Waals surface area contributed by atoms with Gasteiger partial charge in [0.15, 0.2) is 17.4 Å². The van der Waals surface area contributed by atoms with Crippen LogP contribution in [-0.2, 0) is 11.2 Å². The molecule has 0 unspecified atom stereocenters. The number of methoxy groups -OCH3 is 1. The molecule has 290 valence electrons. The Kier molecular flexibility index (Phi) is 9.35. The minimum atomic E-state index is -1.08. The maximum absolute atomic E-state index is 17.4. The lowest BCUT2D eigenvalue weighted by molar-refractivity contribution is -0.136. The van der Waals surface area contributed by atoms with E-state index in [0.29, 0.717) is 39.5 Å². The summed E-state index contributed by atoms with van der Waals surface area (Å²) < 4.78 is 46.4. The van der Waals surface area contributed by atoms with Gasteiger partial charge in [0.25, 0.3) is 0 Å². The van der Waals surface area contributed by atoms with Crippen molar-refractivity contribution in [3.05, 3.63) is 81.2 Å². The number of pyridine rings is 2. The lowest BCUT2D eigenvalue weighted by atomic mass is 9.79. The van der Waals surface area contributed by atoms with Gasteiger partial charge < -0.3 is 29.4 Å². The molecule has 2 aromatic carbocycles. The van der Waals surface area contributed by atoms with Gasteiger partial charge in [-0.3, -0.25) is 4.79 Å². The molecule has 5 aromatic rings. The van der Waals surface area contributed by atoms with Crippen LogP contribution in [0.3, 0.4) is 0 Å². The van der Waals surface area contributed by atoms with Crippen LogP contribution in [0.4, 0.5) is 8.78 Å². The van der Waals surface area contributed by atoms with E-state index < -0.39 is 35.9 Å². The summed E-state index contributed by atoms with van der Waals surface area (Å²) in [6.07, 6.45) is 2.67. The molecule has 5 aliphatic rings. The second kappa shape index (κ2) is 14.1. The van der Waals surface area contributed by atoms with Crippen molar-refractivity contribution in [2.24, 2.45) is 11.8 Å². The molecule has 0 radical (unpaired) electrons. The number of nitrogens with one attached hydrogen (secondary N) is 1. The van der Waals surface area contributed by atoms with Crippen LogP contribution in [0.1, 0.15) is 81.1 Å². The molecular formula is C42H40Cl2F2N6O4. The summed E-state index contributed by atoms with van der Waals surface area (Å²) >= 11 is 13.1. The van der Waals surface area contributed by atoms with Crippen molar-refractivity contribution in [2.75, 3.05) is 13.7 Å². The smallest absolute Gasteiger partial charge is 0.226 e. The summed E-state index contributed by atoms with van der Waals surface area (Å²) in [7, 11) is 1.45. The number of hydrogen-bond acceptors (Lipinski definition) is 8. The van der Waals surface area contributed by atoms with Gasteiger partial charge in [-0.05, 0) is 69.2 Å². The first-order valence-corrected chi connectivity index (χ1v) is 19.9. The molecule has 3 aliphatic heterocycles. The minimum absolute atomic E-state index is 0.0134. The second-order valence-corrected chi connectivity index (χ2v) is 16.4. The highest BCUT2D eigenvalue weighted by Gasteiger charge is 2.53. The maximum atomic E-state index is 17.4. The van der Waals surface area contributed by atoms with E-state index in [4.69, 9.17) is 37.7 Å². The molecule has 6 heterocycles. The third kappa shape index (κ3) is 5.89. The van der Waals surface area contributed by atoms with Gasteiger partial charge in [0.2, 0.25) is 11.8 Å². The Bertz CT molecular complexity index is 2450. The van der Waals surface area contributed by atoms with Crippen LogP contribution >= 0.6 is 23.2 Å². The average molecular weight is 802 g/mol. The fraction of sp³-hybridized carbons (Fsp3) is 0.429. The zero-order chi connectivity index (χ0) is 39.2. The average Bonchev–Trinajstić information content (AvgIpc) is 3.44. The van der Waals surface area contributed by atoms with E-state index in [9.17, 15) is 15.2 Å². The molecule has 2 bridgehead atoms. The van der Waals surface area contributed by atoms with Crippen molar-refractivity contribution < 1.29 is 28.2 Å². The molecule has 3 saturated heterocycles. The molecule has 7 atom stereocenters. The van der Waals surface area contributed by atoms with Crippen LogP contribution in [-0.4, -0.2) is 62.3 Å². The number of fused-ring (bicyclic) bond motifs is 4. The van der Waals surface area contributed by atoms with E-state index in [1.165, 1.54) is 13.2 Å². The van der Waals surface area contributed by atoms with E-state index >= 15 is 8.78 Å². The van der Waals surface area contributed by atoms with E-state index in [1.54, 1.807) is 25.1 Å². The highest BCUT2D eigenvalue weighted by atomic mass is 35.5. The Balaban J connectivity index is 1.29. The molecule has 14 heteroatoms. The normalized spacial score (nSPS) is 24.7. The molecule has 2 N–H and O–H groups in total. The first kappa shape index (κ1) is 37.1. The molecule has 2 saturated carbocycles. The monoisotopic (exact) mass is 800 g/mol. The molecule has 2 aliphatic carbocycles. The van der Waals surface area contributed by atoms with E-state index in [1.807, 2.05) is 24.0 Å². The topological polar surface area (TPSA) is 126 Å². The summed E-state index contributed by atoms with van der Waals surface area (Å²) in [5.74, 6) is -0.904. The number of aryl methyl sites for hydroxylation is 1. The van der Waals surface area contributed by atoms with Crippen LogP contribution in [0.2, 0.25) is 10.0 Å². The highest BCUT2D eigenvalue weighted by molar-refractivity contribution is 6.43. The first-order valence-electron chi connectivity index (χ1n) is 19.1. The summed E-state index contributed by atoms with van der Waals surface area (Å²) in [6, 6.07) is 11.7. The third-order valence-corrected chi connectivity index (χ3v) is 13.1. The number of carbonyl (C=O) groups excluding carboxylic acids is 1. The van der Waals surface area contributed by atoms with Crippen LogP contribution in [0.5, 0.6) is 11.6 Å². The molecule has 56 heavy (non-hydrogen) atoms. The van der Waals surface area contributed by atoms with E-state index in [-0.39, 0.29) is 75.4 Å². The number of aliphatic hydroxyl groups excluding tert-OH is 1. The van der Waals surface area contributed by atoms with Gasteiger partial charge in [0, 0.05) is 65.0 Å². The number of nitrogens with zero attached hydrogens (tertiary/aromatic N) is 5. The Morgan fingerprint density at radius 2 is 1.98 bits per heavy atom. The molecule has 10 rings (SSSR count). The summed E-state index contributed by atoms with van der Waals surface area (Å²) in [5, 5.41) is 26.2. The van der Waals surface area contributed by atoms with E-state index in [2.05, 4.69) is 20.9 Å². The number of hydrogen-bond donors (Lipinski definition) is 2. The predicted octanol–water partition coefficient (Wildman–Crippen LogP) is 8.41. The van der Waals surface area contributed by atoms with Gasteiger partial charge in [0.1, 0.15) is 11.6 Å². The highest BCUT2D eigenvalue weighted by Crippen LogP contribution is 2.52. The standard InChI is InChI=1S/C42H40Cl2F2N6O4/c1-19-32(56-33-16-34(55-3)49-18-28(33)45)15-31(51(19)42(54)21-9-10-21)30-14-26-38(20(2)53)50-39-25(41(26)52(30)40-23-13-29(40)48-17-23)12-22(6-5-11-47)35(37(39)46)24-7-4-8-27(43)36(24)44/h4,7-8,12,14,16,18-21,23,29,31-32,40,48,53H,5-6,9-10,13,15,17H2,1-3H3/t19-,20-,23-,29-,31-,32+,40+/m1/s1. The van der Waals surface area contributed by atoms with Crippen molar-refractivity contribution >= 4 is 50.9 Å². The Morgan fingerprint density at radius 1 is 1.18 bits per heavy atom. The van der Waals surface area contributed by atoms with Gasteiger partial charge in [-0.15, -0.1) is 0 Å². The Labute approximate surface area is 332 Å². The maximum Gasteiger partial charge on any atom is 0.226 e. The summed E-state index contributed by atoms with van der Waals surface area (Å²) in [6.45, 7) is 4.34.